The number of hydrogen-bond acceptors (Lipinski definition) is 2. The maximum absolute atomic E-state index is 8.71. The largest absolute Gasteiger partial charge is 0.494 e. The van der Waals surface area contributed by atoms with E-state index >= 15 is 0 Å². The Morgan fingerprint density at radius 1 is 1.05 bits per heavy atom. The highest BCUT2D eigenvalue weighted by Gasteiger charge is 2.04. The average molecular weight is 259 g/mol. The minimum atomic E-state index is 0.675. The van der Waals surface area contributed by atoms with E-state index in [-0.39, 0.29) is 0 Å². The van der Waals surface area contributed by atoms with Crippen LogP contribution in [0.15, 0.2) is 24.3 Å². The van der Waals surface area contributed by atoms with Crippen LogP contribution in [0.4, 0.5) is 0 Å². The van der Waals surface area contributed by atoms with Crippen molar-refractivity contribution < 1.29 is 4.74 Å². The Bertz CT molecular complexity index is 389. The second-order valence-corrected chi connectivity index (χ2v) is 5.70. The van der Waals surface area contributed by atoms with Crippen LogP contribution in [-0.4, -0.2) is 6.61 Å². The van der Waals surface area contributed by atoms with Gasteiger partial charge in [0.25, 0.3) is 0 Å². The molecule has 0 amide bonds. The highest BCUT2D eigenvalue weighted by molar-refractivity contribution is 5.34. The van der Waals surface area contributed by atoms with Crippen molar-refractivity contribution in [1.82, 2.24) is 0 Å². The first-order chi connectivity index (χ1) is 9.11. The van der Waals surface area contributed by atoms with Gasteiger partial charge in [-0.15, -0.1) is 0 Å². The zero-order valence-corrected chi connectivity index (χ0v) is 12.4. The van der Waals surface area contributed by atoms with Gasteiger partial charge in [0.05, 0.1) is 18.2 Å². The summed E-state index contributed by atoms with van der Waals surface area (Å²) in [6, 6.07) is 9.42. The lowest BCUT2D eigenvalue weighted by atomic mass is 9.98. The summed E-state index contributed by atoms with van der Waals surface area (Å²) in [5.74, 6) is 2.38. The van der Waals surface area contributed by atoms with Gasteiger partial charge in [-0.25, -0.2) is 0 Å². The molecule has 2 nitrogen and oxygen atoms in total. The minimum Gasteiger partial charge on any atom is -0.494 e. The van der Waals surface area contributed by atoms with Crippen LogP contribution in [0.5, 0.6) is 5.75 Å². The lowest BCUT2D eigenvalue weighted by Crippen LogP contribution is -2.04. The normalized spacial score (nSPS) is 12.2. The molecular formula is C17H25NO. The highest BCUT2D eigenvalue weighted by Crippen LogP contribution is 2.17. The zero-order chi connectivity index (χ0) is 14.1. The molecule has 0 radical (unpaired) electrons. The second-order valence-electron chi connectivity index (χ2n) is 5.70. The van der Waals surface area contributed by atoms with Crippen LogP contribution < -0.4 is 4.74 Å². The third-order valence-electron chi connectivity index (χ3n) is 3.34. The van der Waals surface area contributed by atoms with E-state index in [4.69, 9.17) is 10.00 Å². The van der Waals surface area contributed by atoms with E-state index in [9.17, 15) is 0 Å². The van der Waals surface area contributed by atoms with E-state index in [0.717, 1.165) is 30.6 Å². The fraction of sp³-hybridized carbons (Fsp3) is 0.588. The van der Waals surface area contributed by atoms with Gasteiger partial charge in [0.15, 0.2) is 0 Å². The minimum absolute atomic E-state index is 0.675. The number of rotatable bonds is 8. The third kappa shape index (κ3) is 6.86. The number of nitrogens with zero attached hydrogens (tertiary/aromatic N) is 1. The molecule has 1 aromatic carbocycles. The molecule has 0 heterocycles. The molecule has 0 aliphatic rings. The smallest absolute Gasteiger partial charge is 0.119 e. The van der Waals surface area contributed by atoms with E-state index in [1.807, 2.05) is 12.1 Å². The van der Waals surface area contributed by atoms with Crippen molar-refractivity contribution in [3.8, 4) is 11.8 Å². The summed E-state index contributed by atoms with van der Waals surface area (Å²) in [5.41, 5.74) is 0.675. The average Bonchev–Trinajstić information content (AvgIpc) is 2.39. The molecular weight excluding hydrogens is 234 g/mol. The van der Waals surface area contributed by atoms with Crippen LogP contribution in [0.25, 0.3) is 0 Å². The molecule has 0 spiro atoms. The Morgan fingerprint density at radius 3 is 2.32 bits per heavy atom. The predicted octanol–water partition coefficient (Wildman–Crippen LogP) is 4.79. The summed E-state index contributed by atoms with van der Waals surface area (Å²) in [5, 5.41) is 8.71. The lowest BCUT2D eigenvalue weighted by molar-refractivity contribution is 0.275. The molecule has 2 heteroatoms. The van der Waals surface area contributed by atoms with Crippen LogP contribution in [0, 0.1) is 23.2 Å². The summed E-state index contributed by atoms with van der Waals surface area (Å²) in [6.45, 7) is 7.61. The molecule has 1 atom stereocenters. The molecule has 1 unspecified atom stereocenters. The topological polar surface area (TPSA) is 33.0 Å². The Morgan fingerprint density at radius 2 is 1.74 bits per heavy atom. The SMILES string of the molecule is CC(C)CCCC(C)CCOc1ccc(C#N)cc1. The monoisotopic (exact) mass is 259 g/mol. The van der Waals surface area contributed by atoms with E-state index in [0.29, 0.717) is 5.56 Å². The Balaban J connectivity index is 2.17. The second kappa shape index (κ2) is 8.58. The summed E-state index contributed by atoms with van der Waals surface area (Å²) in [7, 11) is 0. The maximum Gasteiger partial charge on any atom is 0.119 e. The molecule has 0 aliphatic carbocycles. The summed E-state index contributed by atoms with van der Waals surface area (Å²) >= 11 is 0. The first-order valence-corrected chi connectivity index (χ1v) is 7.24. The van der Waals surface area contributed by atoms with Gasteiger partial charge in [-0.3, -0.25) is 0 Å². The van der Waals surface area contributed by atoms with Gasteiger partial charge >= 0.3 is 0 Å². The fourth-order valence-electron chi connectivity index (χ4n) is 2.02. The summed E-state index contributed by atoms with van der Waals surface area (Å²) in [6.07, 6.45) is 5.02. The van der Waals surface area contributed by atoms with Crippen LogP contribution in [0.1, 0.15) is 52.0 Å². The van der Waals surface area contributed by atoms with Crippen molar-refractivity contribution in [3.05, 3.63) is 29.8 Å². The van der Waals surface area contributed by atoms with Crippen LogP contribution in [0.2, 0.25) is 0 Å². The van der Waals surface area contributed by atoms with Crippen molar-refractivity contribution in [1.29, 1.82) is 5.26 Å². The molecule has 0 saturated heterocycles. The van der Waals surface area contributed by atoms with Crippen molar-refractivity contribution in [2.75, 3.05) is 6.61 Å². The standard InChI is InChI=1S/C17H25NO/c1-14(2)5-4-6-15(3)11-12-19-17-9-7-16(13-18)8-10-17/h7-10,14-15H,4-6,11-12H2,1-3H3. The van der Waals surface area contributed by atoms with Crippen molar-refractivity contribution in [3.63, 3.8) is 0 Å². The molecule has 0 aromatic heterocycles. The van der Waals surface area contributed by atoms with Gasteiger partial charge in [-0.2, -0.15) is 5.26 Å². The number of hydrogen-bond donors (Lipinski definition) is 0. The molecule has 0 aliphatic heterocycles. The van der Waals surface area contributed by atoms with Gasteiger partial charge in [0, 0.05) is 0 Å². The molecule has 1 aromatic rings. The number of nitriles is 1. The third-order valence-corrected chi connectivity index (χ3v) is 3.34. The highest BCUT2D eigenvalue weighted by atomic mass is 16.5. The van der Waals surface area contributed by atoms with Gasteiger partial charge in [0.2, 0.25) is 0 Å². The maximum atomic E-state index is 8.71. The van der Waals surface area contributed by atoms with E-state index < -0.39 is 0 Å². The molecule has 0 saturated carbocycles. The van der Waals surface area contributed by atoms with E-state index in [1.165, 1.54) is 19.3 Å². The van der Waals surface area contributed by atoms with E-state index in [1.54, 1.807) is 12.1 Å². The molecule has 0 bridgehead atoms. The molecule has 0 fully saturated rings. The van der Waals surface area contributed by atoms with E-state index in [2.05, 4.69) is 26.8 Å². The van der Waals surface area contributed by atoms with Crippen molar-refractivity contribution in [2.24, 2.45) is 11.8 Å². The summed E-state index contributed by atoms with van der Waals surface area (Å²) in [4.78, 5) is 0. The zero-order valence-electron chi connectivity index (χ0n) is 12.4. The predicted molar refractivity (Wildman–Crippen MR) is 79.1 cm³/mol. The van der Waals surface area contributed by atoms with Gasteiger partial charge in [-0.1, -0.05) is 40.0 Å². The van der Waals surface area contributed by atoms with Gasteiger partial charge in [0.1, 0.15) is 5.75 Å². The molecule has 19 heavy (non-hydrogen) atoms. The fourth-order valence-corrected chi connectivity index (χ4v) is 2.02. The van der Waals surface area contributed by atoms with Gasteiger partial charge < -0.3 is 4.74 Å². The van der Waals surface area contributed by atoms with Crippen molar-refractivity contribution >= 4 is 0 Å². The van der Waals surface area contributed by atoms with Crippen LogP contribution in [0.3, 0.4) is 0 Å². The van der Waals surface area contributed by atoms with Crippen LogP contribution in [-0.2, 0) is 0 Å². The molecule has 1 rings (SSSR count). The first kappa shape index (κ1) is 15.6. The summed E-state index contributed by atoms with van der Waals surface area (Å²) < 4.78 is 5.69. The molecule has 0 N–H and O–H groups in total. The Labute approximate surface area is 117 Å². The van der Waals surface area contributed by atoms with Gasteiger partial charge in [-0.05, 0) is 42.5 Å². The number of ether oxygens (including phenoxy) is 1. The lowest BCUT2D eigenvalue weighted by Gasteiger charge is -2.13. The van der Waals surface area contributed by atoms with Crippen LogP contribution >= 0.6 is 0 Å². The van der Waals surface area contributed by atoms with Crippen molar-refractivity contribution in [2.45, 2.75) is 46.5 Å². The quantitative estimate of drug-likeness (QED) is 0.672. The molecule has 104 valence electrons. The number of benzene rings is 1. The Hall–Kier alpha value is -1.49. The first-order valence-electron chi connectivity index (χ1n) is 7.24. The Kier molecular flexibility index (Phi) is 7.03.